The minimum absolute atomic E-state index is 0.772. The molecule has 1 rings (SSSR count). The van der Waals surface area contributed by atoms with Crippen molar-refractivity contribution in [3.05, 3.63) is 0 Å². The van der Waals surface area contributed by atoms with Gasteiger partial charge in [0.1, 0.15) is 0 Å². The van der Waals surface area contributed by atoms with Gasteiger partial charge in [0.2, 0.25) is 0 Å². The summed E-state index contributed by atoms with van der Waals surface area (Å²) in [4.78, 5) is 2.59. The highest BCUT2D eigenvalue weighted by Gasteiger charge is 2.21. The molecule has 0 aromatic heterocycles. The Labute approximate surface area is 82.5 Å². The summed E-state index contributed by atoms with van der Waals surface area (Å²) in [5.74, 6) is 3.58. The van der Waals surface area contributed by atoms with Crippen molar-refractivity contribution >= 4 is 0 Å². The lowest BCUT2D eigenvalue weighted by atomic mass is 9.95. The predicted octanol–water partition coefficient (Wildman–Crippen LogP) is 2.52. The van der Waals surface area contributed by atoms with Crippen LogP contribution in [-0.2, 0) is 0 Å². The number of terminal acetylenes is 1. The molecule has 0 aromatic rings. The van der Waals surface area contributed by atoms with Crippen LogP contribution in [0.1, 0.15) is 39.5 Å². The minimum Gasteiger partial charge on any atom is -0.300 e. The quantitative estimate of drug-likeness (QED) is 0.475. The Morgan fingerprint density at radius 2 is 2.15 bits per heavy atom. The molecule has 1 aliphatic rings. The zero-order valence-electron chi connectivity index (χ0n) is 8.92. The van der Waals surface area contributed by atoms with Crippen molar-refractivity contribution in [1.82, 2.24) is 4.90 Å². The molecule has 1 heterocycles. The zero-order valence-corrected chi connectivity index (χ0v) is 8.92. The van der Waals surface area contributed by atoms with Gasteiger partial charge in [0.05, 0.1) is 0 Å². The topological polar surface area (TPSA) is 3.24 Å². The third-order valence-electron chi connectivity index (χ3n) is 3.01. The Balaban J connectivity index is 2.26. The summed E-state index contributed by atoms with van der Waals surface area (Å²) in [5.41, 5.74) is 0. The van der Waals surface area contributed by atoms with Crippen LogP contribution >= 0.6 is 0 Å². The lowest BCUT2D eigenvalue weighted by Crippen LogP contribution is -2.41. The van der Waals surface area contributed by atoms with Crippen LogP contribution in [0.4, 0.5) is 0 Å². The van der Waals surface area contributed by atoms with Gasteiger partial charge in [-0.25, -0.2) is 0 Å². The van der Waals surface area contributed by atoms with Crippen LogP contribution in [0.3, 0.4) is 0 Å². The van der Waals surface area contributed by atoms with E-state index in [1.54, 1.807) is 0 Å². The molecule has 1 nitrogen and oxygen atoms in total. The first-order chi connectivity index (χ1) is 6.24. The smallest absolute Gasteiger partial charge is 0.00982 e. The van der Waals surface area contributed by atoms with Gasteiger partial charge in [-0.2, -0.15) is 0 Å². The second-order valence-corrected chi connectivity index (χ2v) is 4.33. The first-order valence-corrected chi connectivity index (χ1v) is 5.41. The van der Waals surface area contributed by atoms with Gasteiger partial charge in [-0.1, -0.05) is 6.92 Å². The molecule has 74 valence electrons. The summed E-state index contributed by atoms with van der Waals surface area (Å²) in [6.07, 6.45) is 10.1. The lowest BCUT2D eigenvalue weighted by molar-refractivity contribution is 0.124. The van der Waals surface area contributed by atoms with Crippen LogP contribution in [-0.4, -0.2) is 24.0 Å². The summed E-state index contributed by atoms with van der Waals surface area (Å²) < 4.78 is 0. The van der Waals surface area contributed by atoms with Gasteiger partial charge in [0.25, 0.3) is 0 Å². The number of hydrogen-bond donors (Lipinski definition) is 0. The number of unbranched alkanes of at least 4 members (excludes halogenated alkanes) is 1. The highest BCUT2D eigenvalue weighted by molar-refractivity contribution is 4.84. The number of nitrogens with zero attached hydrogens (tertiary/aromatic N) is 1. The van der Waals surface area contributed by atoms with Gasteiger partial charge in [-0.3, -0.25) is 0 Å². The SMILES string of the molecule is C#CCCCN1CC(C)CCC1C. The fraction of sp³-hybridized carbons (Fsp3) is 0.833. The number of rotatable bonds is 3. The Bertz CT molecular complexity index is 180. The normalized spacial score (nSPS) is 29.9. The van der Waals surface area contributed by atoms with Crippen molar-refractivity contribution in [2.24, 2.45) is 5.92 Å². The number of hydrogen-bond acceptors (Lipinski definition) is 1. The molecular formula is C12H21N. The first kappa shape index (κ1) is 10.6. The van der Waals surface area contributed by atoms with Crippen LogP contribution in [0.15, 0.2) is 0 Å². The average molecular weight is 179 g/mol. The van der Waals surface area contributed by atoms with Gasteiger partial charge < -0.3 is 4.90 Å². The van der Waals surface area contributed by atoms with Gasteiger partial charge in [-0.15, -0.1) is 12.3 Å². The molecule has 0 spiro atoms. The van der Waals surface area contributed by atoms with Crippen LogP contribution in [0.25, 0.3) is 0 Å². The van der Waals surface area contributed by atoms with E-state index in [0.29, 0.717) is 0 Å². The highest BCUT2D eigenvalue weighted by Crippen LogP contribution is 2.21. The van der Waals surface area contributed by atoms with E-state index in [9.17, 15) is 0 Å². The van der Waals surface area contributed by atoms with E-state index in [-0.39, 0.29) is 0 Å². The molecule has 0 radical (unpaired) electrons. The first-order valence-electron chi connectivity index (χ1n) is 5.41. The van der Waals surface area contributed by atoms with Crippen LogP contribution < -0.4 is 0 Å². The van der Waals surface area contributed by atoms with E-state index in [2.05, 4.69) is 24.7 Å². The van der Waals surface area contributed by atoms with Gasteiger partial charge in [-0.05, 0) is 38.6 Å². The summed E-state index contributed by atoms with van der Waals surface area (Å²) in [7, 11) is 0. The third kappa shape index (κ3) is 3.40. The number of piperidine rings is 1. The van der Waals surface area contributed by atoms with E-state index in [0.717, 1.165) is 24.8 Å². The predicted molar refractivity (Wildman–Crippen MR) is 57.5 cm³/mol. The monoisotopic (exact) mass is 179 g/mol. The largest absolute Gasteiger partial charge is 0.300 e. The second kappa shape index (κ2) is 5.29. The molecule has 0 saturated carbocycles. The summed E-state index contributed by atoms with van der Waals surface area (Å²) in [6.45, 7) is 7.14. The second-order valence-electron chi connectivity index (χ2n) is 4.33. The molecule has 1 saturated heterocycles. The fourth-order valence-corrected chi connectivity index (χ4v) is 2.08. The van der Waals surface area contributed by atoms with Crippen molar-refractivity contribution < 1.29 is 0 Å². The van der Waals surface area contributed by atoms with E-state index >= 15 is 0 Å². The molecule has 0 N–H and O–H groups in total. The molecule has 1 aliphatic heterocycles. The maximum atomic E-state index is 5.24. The Morgan fingerprint density at radius 3 is 2.85 bits per heavy atom. The highest BCUT2D eigenvalue weighted by atomic mass is 15.2. The Kier molecular flexibility index (Phi) is 4.32. The van der Waals surface area contributed by atoms with Crippen LogP contribution in [0.5, 0.6) is 0 Å². The standard InChI is InChI=1S/C12H21N/c1-4-5-6-9-13-10-11(2)7-8-12(13)3/h1,11-12H,5-10H2,2-3H3. The molecule has 1 fully saturated rings. The average Bonchev–Trinajstić information content (AvgIpc) is 2.11. The van der Waals surface area contributed by atoms with Crippen molar-refractivity contribution in [2.75, 3.05) is 13.1 Å². The van der Waals surface area contributed by atoms with Crippen LogP contribution in [0, 0.1) is 18.3 Å². The molecular weight excluding hydrogens is 158 g/mol. The molecule has 0 amide bonds. The van der Waals surface area contributed by atoms with Crippen molar-refractivity contribution in [2.45, 2.75) is 45.6 Å². The Hall–Kier alpha value is -0.480. The molecule has 0 aromatic carbocycles. The van der Waals surface area contributed by atoms with E-state index in [4.69, 9.17) is 6.42 Å². The maximum Gasteiger partial charge on any atom is 0.00982 e. The summed E-state index contributed by atoms with van der Waals surface area (Å²) in [5, 5.41) is 0. The molecule has 13 heavy (non-hydrogen) atoms. The van der Waals surface area contributed by atoms with Gasteiger partial charge in [0.15, 0.2) is 0 Å². The Morgan fingerprint density at radius 1 is 1.38 bits per heavy atom. The van der Waals surface area contributed by atoms with Crippen LogP contribution in [0.2, 0.25) is 0 Å². The van der Waals surface area contributed by atoms with Gasteiger partial charge in [0, 0.05) is 19.0 Å². The van der Waals surface area contributed by atoms with E-state index < -0.39 is 0 Å². The molecule has 2 unspecified atom stereocenters. The minimum atomic E-state index is 0.772. The lowest BCUT2D eigenvalue weighted by Gasteiger charge is -2.36. The molecule has 1 heteroatoms. The zero-order chi connectivity index (χ0) is 9.68. The fourth-order valence-electron chi connectivity index (χ4n) is 2.08. The molecule has 0 bridgehead atoms. The summed E-state index contributed by atoms with van der Waals surface area (Å²) in [6, 6.07) is 0.772. The maximum absolute atomic E-state index is 5.24. The van der Waals surface area contributed by atoms with Gasteiger partial charge >= 0.3 is 0 Å². The third-order valence-corrected chi connectivity index (χ3v) is 3.01. The van der Waals surface area contributed by atoms with E-state index in [1.807, 2.05) is 0 Å². The van der Waals surface area contributed by atoms with Crippen molar-refractivity contribution in [1.29, 1.82) is 0 Å². The molecule has 2 atom stereocenters. The van der Waals surface area contributed by atoms with Crippen molar-refractivity contribution in [3.8, 4) is 12.3 Å². The summed E-state index contributed by atoms with van der Waals surface area (Å²) >= 11 is 0. The molecule has 0 aliphatic carbocycles. The van der Waals surface area contributed by atoms with E-state index in [1.165, 1.54) is 25.9 Å². The van der Waals surface area contributed by atoms with Crippen molar-refractivity contribution in [3.63, 3.8) is 0 Å². The number of likely N-dealkylation sites (tertiary alicyclic amines) is 1.